The first-order valence-electron chi connectivity index (χ1n) is 7.75. The summed E-state index contributed by atoms with van der Waals surface area (Å²) in [7, 11) is -2.48. The number of methoxy groups -OCH3 is 1. The van der Waals surface area contributed by atoms with E-state index in [-0.39, 0.29) is 11.4 Å². The van der Waals surface area contributed by atoms with Gasteiger partial charge in [0.05, 0.1) is 12.0 Å². The average molecular weight is 362 g/mol. The second-order valence-corrected chi connectivity index (χ2v) is 7.72. The first kappa shape index (κ1) is 19.0. The van der Waals surface area contributed by atoms with Gasteiger partial charge in [0.25, 0.3) is 0 Å². The van der Waals surface area contributed by atoms with Gasteiger partial charge in [0, 0.05) is 12.2 Å². The van der Waals surface area contributed by atoms with Gasteiger partial charge >= 0.3 is 5.97 Å². The van der Waals surface area contributed by atoms with Gasteiger partial charge in [-0.2, -0.15) is 0 Å². The molecule has 0 saturated carbocycles. The lowest BCUT2D eigenvalue weighted by Gasteiger charge is -2.29. The number of hydrogen-bond acceptors (Lipinski definition) is 5. The minimum absolute atomic E-state index is 0.144. The molecule has 6 nitrogen and oxygen atoms in total. The molecule has 0 bridgehead atoms. The summed E-state index contributed by atoms with van der Waals surface area (Å²) < 4.78 is 32.2. The molecule has 2 rings (SSSR count). The summed E-state index contributed by atoms with van der Waals surface area (Å²) in [6.45, 7) is 3.30. The van der Waals surface area contributed by atoms with Crippen LogP contribution in [-0.4, -0.2) is 33.6 Å². The summed E-state index contributed by atoms with van der Waals surface area (Å²) in [6.07, 6.45) is 0. The molecule has 1 atom stereocenters. The monoisotopic (exact) mass is 362 g/mol. The molecule has 0 aliphatic carbocycles. The van der Waals surface area contributed by atoms with Crippen LogP contribution < -0.4 is 10.0 Å². The van der Waals surface area contributed by atoms with Crippen molar-refractivity contribution >= 4 is 21.7 Å². The number of aryl methyl sites for hydroxylation is 1. The van der Waals surface area contributed by atoms with Crippen molar-refractivity contribution in [2.75, 3.05) is 19.0 Å². The van der Waals surface area contributed by atoms with E-state index in [1.54, 1.807) is 31.2 Å². The highest BCUT2D eigenvalue weighted by Gasteiger charge is 2.36. The fourth-order valence-electron chi connectivity index (χ4n) is 2.27. The van der Waals surface area contributed by atoms with Crippen molar-refractivity contribution in [3.63, 3.8) is 0 Å². The van der Waals surface area contributed by atoms with Crippen LogP contribution in [0.15, 0.2) is 59.5 Å². The van der Waals surface area contributed by atoms with Crippen molar-refractivity contribution in [2.24, 2.45) is 0 Å². The Labute approximate surface area is 148 Å². The first-order chi connectivity index (χ1) is 11.8. The Kier molecular flexibility index (Phi) is 5.81. The Morgan fingerprint density at radius 3 is 2.24 bits per heavy atom. The van der Waals surface area contributed by atoms with Crippen LogP contribution in [0.4, 0.5) is 5.69 Å². The standard InChI is InChI=1S/C18H22N2O4S/c1-14-9-11-16(12-10-14)25(22,23)19-13-18(2,17(21)24-3)20-15-7-5-4-6-8-15/h4-12,19-20H,13H2,1-3H3. The quantitative estimate of drug-likeness (QED) is 0.739. The van der Waals surface area contributed by atoms with Crippen molar-refractivity contribution in [2.45, 2.75) is 24.3 Å². The predicted octanol–water partition coefficient (Wildman–Crippen LogP) is 2.32. The molecule has 0 aliphatic rings. The second-order valence-electron chi connectivity index (χ2n) is 5.95. The lowest BCUT2D eigenvalue weighted by molar-refractivity contribution is -0.145. The van der Waals surface area contributed by atoms with Crippen LogP contribution in [0.5, 0.6) is 0 Å². The summed E-state index contributed by atoms with van der Waals surface area (Å²) in [4.78, 5) is 12.4. The number of benzene rings is 2. The van der Waals surface area contributed by atoms with E-state index in [2.05, 4.69) is 10.0 Å². The van der Waals surface area contributed by atoms with E-state index >= 15 is 0 Å². The van der Waals surface area contributed by atoms with Gasteiger partial charge in [-0.15, -0.1) is 0 Å². The normalized spacial score (nSPS) is 13.7. The number of rotatable bonds is 7. The Hall–Kier alpha value is -2.38. The highest BCUT2D eigenvalue weighted by Crippen LogP contribution is 2.17. The van der Waals surface area contributed by atoms with Crippen LogP contribution in [-0.2, 0) is 19.6 Å². The van der Waals surface area contributed by atoms with E-state index in [1.165, 1.54) is 19.2 Å². The summed E-state index contributed by atoms with van der Waals surface area (Å²) in [5, 5.41) is 3.04. The van der Waals surface area contributed by atoms with E-state index in [0.29, 0.717) is 5.69 Å². The number of ether oxygens (including phenoxy) is 1. The molecule has 0 spiro atoms. The highest BCUT2D eigenvalue weighted by atomic mass is 32.2. The van der Waals surface area contributed by atoms with Crippen LogP contribution in [0.2, 0.25) is 0 Å². The lowest BCUT2D eigenvalue weighted by Crippen LogP contribution is -2.53. The second kappa shape index (κ2) is 7.67. The number of sulfonamides is 1. The van der Waals surface area contributed by atoms with Gasteiger partial charge in [-0.1, -0.05) is 35.9 Å². The molecule has 0 saturated heterocycles. The van der Waals surface area contributed by atoms with Gasteiger partial charge in [0.15, 0.2) is 0 Å². The van der Waals surface area contributed by atoms with E-state index in [0.717, 1.165) is 5.56 Å². The van der Waals surface area contributed by atoms with E-state index in [1.807, 2.05) is 25.1 Å². The van der Waals surface area contributed by atoms with Gasteiger partial charge in [0.2, 0.25) is 10.0 Å². The molecule has 2 aromatic carbocycles. The summed E-state index contributed by atoms with van der Waals surface area (Å²) >= 11 is 0. The molecule has 1 unspecified atom stereocenters. The first-order valence-corrected chi connectivity index (χ1v) is 9.23. The smallest absolute Gasteiger partial charge is 0.332 e. The van der Waals surface area contributed by atoms with E-state index < -0.39 is 21.5 Å². The maximum Gasteiger partial charge on any atom is 0.332 e. The van der Waals surface area contributed by atoms with Crippen molar-refractivity contribution in [3.8, 4) is 0 Å². The number of para-hydroxylation sites is 1. The van der Waals surface area contributed by atoms with Crippen molar-refractivity contribution in [1.82, 2.24) is 4.72 Å². The van der Waals surface area contributed by atoms with Crippen LogP contribution in [0, 0.1) is 6.92 Å². The summed E-state index contributed by atoms with van der Waals surface area (Å²) in [5.74, 6) is -0.567. The van der Waals surface area contributed by atoms with Gasteiger partial charge in [-0.25, -0.2) is 17.9 Å². The zero-order valence-corrected chi connectivity index (χ0v) is 15.3. The van der Waals surface area contributed by atoms with Crippen molar-refractivity contribution < 1.29 is 17.9 Å². The number of esters is 1. The molecule has 0 heterocycles. The summed E-state index contributed by atoms with van der Waals surface area (Å²) in [6, 6.07) is 15.5. The minimum atomic E-state index is -3.74. The number of anilines is 1. The van der Waals surface area contributed by atoms with Crippen molar-refractivity contribution in [1.29, 1.82) is 0 Å². The number of hydrogen-bond donors (Lipinski definition) is 2. The predicted molar refractivity (Wildman–Crippen MR) is 96.9 cm³/mol. The maximum atomic E-state index is 12.5. The largest absolute Gasteiger partial charge is 0.467 e. The average Bonchev–Trinajstić information content (AvgIpc) is 2.60. The Morgan fingerprint density at radius 2 is 1.68 bits per heavy atom. The molecule has 0 aromatic heterocycles. The molecule has 7 heteroatoms. The number of carbonyl (C=O) groups excluding carboxylic acids is 1. The molecule has 0 amide bonds. The SMILES string of the molecule is COC(=O)C(C)(CNS(=O)(=O)c1ccc(C)cc1)Nc1ccccc1. The third-order valence-corrected chi connectivity index (χ3v) is 5.19. The fraction of sp³-hybridized carbons (Fsp3) is 0.278. The third-order valence-electron chi connectivity index (χ3n) is 3.78. The molecule has 0 radical (unpaired) electrons. The maximum absolute atomic E-state index is 12.5. The van der Waals surface area contributed by atoms with E-state index in [9.17, 15) is 13.2 Å². The number of nitrogens with one attached hydrogen (secondary N) is 2. The fourth-order valence-corrected chi connectivity index (χ4v) is 3.41. The topological polar surface area (TPSA) is 84.5 Å². The molecule has 0 fully saturated rings. The molecule has 2 N–H and O–H groups in total. The zero-order valence-electron chi connectivity index (χ0n) is 14.4. The Bertz CT molecular complexity index is 820. The molecule has 2 aromatic rings. The van der Waals surface area contributed by atoms with Crippen LogP contribution in [0.1, 0.15) is 12.5 Å². The van der Waals surface area contributed by atoms with Crippen LogP contribution >= 0.6 is 0 Å². The van der Waals surface area contributed by atoms with Crippen LogP contribution in [0.3, 0.4) is 0 Å². The van der Waals surface area contributed by atoms with Crippen LogP contribution in [0.25, 0.3) is 0 Å². The summed E-state index contributed by atoms with van der Waals surface area (Å²) in [5.41, 5.74) is 0.391. The molecule has 0 aliphatic heterocycles. The van der Waals surface area contributed by atoms with Gasteiger partial charge < -0.3 is 10.1 Å². The molecule has 25 heavy (non-hydrogen) atoms. The van der Waals surface area contributed by atoms with Gasteiger partial charge in [-0.3, -0.25) is 0 Å². The van der Waals surface area contributed by atoms with Crippen molar-refractivity contribution in [3.05, 3.63) is 60.2 Å². The minimum Gasteiger partial charge on any atom is -0.467 e. The van der Waals surface area contributed by atoms with Gasteiger partial charge in [-0.05, 0) is 38.1 Å². The Morgan fingerprint density at radius 1 is 1.08 bits per heavy atom. The molecular weight excluding hydrogens is 340 g/mol. The molecule has 134 valence electrons. The lowest BCUT2D eigenvalue weighted by atomic mass is 10.0. The Balaban J connectivity index is 2.19. The van der Waals surface area contributed by atoms with E-state index in [4.69, 9.17) is 4.74 Å². The third kappa shape index (κ3) is 4.80. The zero-order chi connectivity index (χ0) is 18.5. The van der Waals surface area contributed by atoms with Gasteiger partial charge in [0.1, 0.15) is 5.54 Å². The highest BCUT2D eigenvalue weighted by molar-refractivity contribution is 7.89. The molecular formula is C18H22N2O4S. The number of carbonyl (C=O) groups is 1.